The van der Waals surface area contributed by atoms with E-state index in [9.17, 15) is 9.18 Å². The average Bonchev–Trinajstić information content (AvgIpc) is 2.79. The highest BCUT2D eigenvalue weighted by molar-refractivity contribution is 5.85. The number of amides is 1. The molecule has 3 rings (SSSR count). The molecular formula is C16H22ClFN2O. The predicted octanol–water partition coefficient (Wildman–Crippen LogP) is 2.53. The van der Waals surface area contributed by atoms with Gasteiger partial charge in [-0.2, -0.15) is 0 Å². The minimum absolute atomic E-state index is 0. The largest absolute Gasteiger partial charge is 0.342 e. The molecule has 0 spiro atoms. The number of likely N-dealkylation sites (N-methyl/N-ethyl adjacent to an activating group) is 1. The maximum absolute atomic E-state index is 13.6. The number of piperidine rings is 1. The van der Waals surface area contributed by atoms with Gasteiger partial charge in [-0.25, -0.2) is 4.39 Å². The molecule has 2 bridgehead atoms. The van der Waals surface area contributed by atoms with E-state index in [1.165, 1.54) is 18.9 Å². The van der Waals surface area contributed by atoms with E-state index in [-0.39, 0.29) is 30.6 Å². The maximum Gasteiger partial charge on any atom is 0.227 e. The molecule has 2 aliphatic rings. The Balaban J connectivity index is 0.00000161. The highest BCUT2D eigenvalue weighted by Crippen LogP contribution is 2.29. The van der Waals surface area contributed by atoms with E-state index in [0.717, 1.165) is 12.8 Å². The highest BCUT2D eigenvalue weighted by Gasteiger charge is 2.36. The summed E-state index contributed by atoms with van der Waals surface area (Å²) in [6, 6.07) is 7.94. The Labute approximate surface area is 131 Å². The van der Waals surface area contributed by atoms with Crippen LogP contribution in [0.2, 0.25) is 0 Å². The minimum atomic E-state index is -0.292. The van der Waals surface area contributed by atoms with Gasteiger partial charge in [-0.15, -0.1) is 12.4 Å². The van der Waals surface area contributed by atoms with Crippen molar-refractivity contribution in [1.82, 2.24) is 10.2 Å². The summed E-state index contributed by atoms with van der Waals surface area (Å²) in [5, 5.41) is 3.57. The normalized spacial score (nSPS) is 27.0. The van der Waals surface area contributed by atoms with Crippen LogP contribution in [0.5, 0.6) is 0 Å². The van der Waals surface area contributed by atoms with Crippen LogP contribution < -0.4 is 5.32 Å². The average molecular weight is 313 g/mol. The minimum Gasteiger partial charge on any atom is -0.342 e. The van der Waals surface area contributed by atoms with Gasteiger partial charge in [-0.1, -0.05) is 18.2 Å². The summed E-state index contributed by atoms with van der Waals surface area (Å²) in [7, 11) is 1.86. The van der Waals surface area contributed by atoms with Crippen LogP contribution in [0, 0.1) is 5.82 Å². The number of rotatable bonds is 3. The summed E-state index contributed by atoms with van der Waals surface area (Å²) in [6.45, 7) is 0. The monoisotopic (exact) mass is 312 g/mol. The Kier molecular flexibility index (Phi) is 5.22. The second-order valence-electron chi connectivity index (χ2n) is 6.04. The van der Waals surface area contributed by atoms with Gasteiger partial charge in [0.25, 0.3) is 0 Å². The molecule has 2 fully saturated rings. The molecule has 1 N–H and O–H groups in total. The van der Waals surface area contributed by atoms with Crippen LogP contribution in [0.4, 0.5) is 4.39 Å². The fourth-order valence-electron chi connectivity index (χ4n) is 3.48. The summed E-state index contributed by atoms with van der Waals surface area (Å²) < 4.78 is 13.6. The van der Waals surface area contributed by atoms with Crippen molar-refractivity contribution in [1.29, 1.82) is 0 Å². The first-order chi connectivity index (χ1) is 9.63. The van der Waals surface area contributed by atoms with Gasteiger partial charge in [0.15, 0.2) is 0 Å². The number of halogens is 2. The molecule has 2 heterocycles. The van der Waals surface area contributed by atoms with Crippen LogP contribution in [0.1, 0.15) is 31.2 Å². The molecule has 21 heavy (non-hydrogen) atoms. The lowest BCUT2D eigenvalue weighted by Gasteiger charge is -2.35. The second-order valence-corrected chi connectivity index (χ2v) is 6.04. The van der Waals surface area contributed by atoms with E-state index < -0.39 is 0 Å². The molecule has 2 unspecified atom stereocenters. The standard InChI is InChI=1S/C16H21FN2O.ClH/c1-19(14-9-12-6-7-13(10-14)18-12)16(20)8-11-4-2-3-5-15(11)17;/h2-5,12-14,18H,6-10H2,1H3;1H. The number of carbonyl (C=O) groups is 1. The van der Waals surface area contributed by atoms with E-state index in [2.05, 4.69) is 5.32 Å². The van der Waals surface area contributed by atoms with Crippen molar-refractivity contribution in [3.63, 3.8) is 0 Å². The second kappa shape index (κ2) is 6.75. The van der Waals surface area contributed by atoms with Crippen LogP contribution in [0.3, 0.4) is 0 Å². The summed E-state index contributed by atoms with van der Waals surface area (Å²) in [4.78, 5) is 14.2. The summed E-state index contributed by atoms with van der Waals surface area (Å²) >= 11 is 0. The number of fused-ring (bicyclic) bond motifs is 2. The zero-order valence-electron chi connectivity index (χ0n) is 12.2. The van der Waals surface area contributed by atoms with Crippen molar-refractivity contribution < 1.29 is 9.18 Å². The van der Waals surface area contributed by atoms with Crippen LogP contribution in [0.15, 0.2) is 24.3 Å². The lowest BCUT2D eigenvalue weighted by molar-refractivity contribution is -0.132. The first-order valence-corrected chi connectivity index (χ1v) is 7.38. The molecule has 1 aromatic rings. The van der Waals surface area contributed by atoms with E-state index in [0.29, 0.717) is 23.7 Å². The maximum atomic E-state index is 13.6. The summed E-state index contributed by atoms with van der Waals surface area (Å²) in [5.74, 6) is -0.277. The van der Waals surface area contributed by atoms with Gasteiger partial charge in [0.2, 0.25) is 5.91 Å². The van der Waals surface area contributed by atoms with Gasteiger partial charge < -0.3 is 10.2 Å². The Morgan fingerprint density at radius 1 is 1.29 bits per heavy atom. The van der Waals surface area contributed by atoms with Crippen LogP contribution in [-0.2, 0) is 11.2 Å². The third-order valence-corrected chi connectivity index (χ3v) is 4.69. The first kappa shape index (κ1) is 16.2. The Morgan fingerprint density at radius 2 is 1.90 bits per heavy atom. The van der Waals surface area contributed by atoms with Crippen molar-refractivity contribution in [3.8, 4) is 0 Å². The van der Waals surface area contributed by atoms with E-state index >= 15 is 0 Å². The number of hydrogen-bond donors (Lipinski definition) is 1. The fraction of sp³-hybridized carbons (Fsp3) is 0.562. The number of carbonyl (C=O) groups excluding carboxylic acids is 1. The van der Waals surface area contributed by atoms with E-state index in [1.54, 1.807) is 18.2 Å². The molecule has 2 aliphatic heterocycles. The Hall–Kier alpha value is -1.13. The SMILES string of the molecule is CN(C(=O)Cc1ccccc1F)C1CC2CCC(C1)N2.Cl. The van der Waals surface area contributed by atoms with Crippen molar-refractivity contribution in [3.05, 3.63) is 35.6 Å². The third-order valence-electron chi connectivity index (χ3n) is 4.69. The molecule has 0 saturated carbocycles. The molecule has 2 atom stereocenters. The molecule has 2 saturated heterocycles. The fourth-order valence-corrected chi connectivity index (χ4v) is 3.48. The zero-order chi connectivity index (χ0) is 14.1. The van der Waals surface area contributed by atoms with Crippen LogP contribution in [-0.4, -0.2) is 36.0 Å². The van der Waals surface area contributed by atoms with Gasteiger partial charge in [0.1, 0.15) is 5.82 Å². The highest BCUT2D eigenvalue weighted by atomic mass is 35.5. The van der Waals surface area contributed by atoms with Crippen molar-refractivity contribution in [2.75, 3.05) is 7.05 Å². The number of nitrogens with one attached hydrogen (secondary N) is 1. The lowest BCUT2D eigenvalue weighted by atomic mass is 9.98. The molecule has 0 aromatic heterocycles. The Morgan fingerprint density at radius 3 is 2.52 bits per heavy atom. The topological polar surface area (TPSA) is 32.3 Å². The number of benzene rings is 1. The van der Waals surface area contributed by atoms with Gasteiger partial charge in [0, 0.05) is 25.2 Å². The predicted molar refractivity (Wildman–Crippen MR) is 83.1 cm³/mol. The quantitative estimate of drug-likeness (QED) is 0.930. The molecule has 1 aromatic carbocycles. The molecular weight excluding hydrogens is 291 g/mol. The number of hydrogen-bond acceptors (Lipinski definition) is 2. The van der Waals surface area contributed by atoms with Crippen molar-refractivity contribution in [2.24, 2.45) is 0 Å². The summed E-state index contributed by atoms with van der Waals surface area (Å²) in [6.07, 6.45) is 4.64. The smallest absolute Gasteiger partial charge is 0.227 e. The van der Waals surface area contributed by atoms with Crippen LogP contribution in [0.25, 0.3) is 0 Å². The lowest BCUT2D eigenvalue weighted by Crippen LogP contribution is -2.49. The van der Waals surface area contributed by atoms with Crippen LogP contribution >= 0.6 is 12.4 Å². The molecule has 0 aliphatic carbocycles. The van der Waals surface area contributed by atoms with Crippen molar-refractivity contribution >= 4 is 18.3 Å². The molecule has 0 radical (unpaired) electrons. The third kappa shape index (κ3) is 3.55. The molecule has 5 heteroatoms. The molecule has 116 valence electrons. The number of nitrogens with zero attached hydrogens (tertiary/aromatic N) is 1. The zero-order valence-corrected chi connectivity index (χ0v) is 13.0. The van der Waals surface area contributed by atoms with Gasteiger partial charge >= 0.3 is 0 Å². The van der Waals surface area contributed by atoms with Gasteiger partial charge in [0.05, 0.1) is 6.42 Å². The van der Waals surface area contributed by atoms with E-state index in [1.807, 2.05) is 11.9 Å². The van der Waals surface area contributed by atoms with Gasteiger partial charge in [-0.3, -0.25) is 4.79 Å². The Bertz CT molecular complexity index is 499. The van der Waals surface area contributed by atoms with Gasteiger partial charge in [-0.05, 0) is 37.3 Å². The first-order valence-electron chi connectivity index (χ1n) is 7.38. The molecule has 1 amide bonds. The van der Waals surface area contributed by atoms with Crippen molar-refractivity contribution in [2.45, 2.75) is 50.2 Å². The molecule has 3 nitrogen and oxygen atoms in total. The summed E-state index contributed by atoms with van der Waals surface area (Å²) in [5.41, 5.74) is 0.487. The van der Waals surface area contributed by atoms with E-state index in [4.69, 9.17) is 0 Å².